The molecule has 162 valence electrons. The Hall–Kier alpha value is -2.45. The molecular formula is C22H31N5O3. The quantitative estimate of drug-likeness (QED) is 0.686. The van der Waals surface area contributed by atoms with Gasteiger partial charge in [-0.1, -0.05) is 29.4 Å². The maximum absolute atomic E-state index is 10.8. The molecule has 0 aromatic heterocycles. The SMILES string of the molecule is O=C(O)CN1CCN(CC2CC(c3ccc(/C=N/N4CCCCC4)cc3)=NO2)CC1. The van der Waals surface area contributed by atoms with Gasteiger partial charge in [-0.25, -0.2) is 0 Å². The summed E-state index contributed by atoms with van der Waals surface area (Å²) in [5.74, 6) is -0.760. The molecule has 3 aliphatic rings. The van der Waals surface area contributed by atoms with Crippen LogP contribution in [-0.4, -0.2) is 96.3 Å². The highest BCUT2D eigenvalue weighted by Crippen LogP contribution is 2.19. The fraction of sp³-hybridized carbons (Fsp3) is 0.591. The number of piperazine rings is 1. The van der Waals surface area contributed by atoms with Crippen LogP contribution in [-0.2, 0) is 9.63 Å². The van der Waals surface area contributed by atoms with Crippen LogP contribution >= 0.6 is 0 Å². The lowest BCUT2D eigenvalue weighted by Crippen LogP contribution is -2.49. The summed E-state index contributed by atoms with van der Waals surface area (Å²) in [6.07, 6.45) is 6.58. The second-order valence-electron chi connectivity index (χ2n) is 8.32. The van der Waals surface area contributed by atoms with Crippen molar-refractivity contribution in [1.29, 1.82) is 0 Å². The summed E-state index contributed by atoms with van der Waals surface area (Å²) in [7, 11) is 0. The highest BCUT2D eigenvalue weighted by molar-refractivity contribution is 6.01. The van der Waals surface area contributed by atoms with Gasteiger partial charge in [0.25, 0.3) is 0 Å². The van der Waals surface area contributed by atoms with E-state index < -0.39 is 5.97 Å². The van der Waals surface area contributed by atoms with Gasteiger partial charge in [0.1, 0.15) is 6.10 Å². The maximum atomic E-state index is 10.8. The van der Waals surface area contributed by atoms with Crippen LogP contribution in [0.25, 0.3) is 0 Å². The Morgan fingerprint density at radius 2 is 1.77 bits per heavy atom. The van der Waals surface area contributed by atoms with Crippen molar-refractivity contribution in [2.45, 2.75) is 31.8 Å². The molecule has 0 aliphatic carbocycles. The van der Waals surface area contributed by atoms with Gasteiger partial charge in [0, 0.05) is 52.2 Å². The van der Waals surface area contributed by atoms with Crippen molar-refractivity contribution in [3.05, 3.63) is 35.4 Å². The normalized spacial score (nSPS) is 23.5. The van der Waals surface area contributed by atoms with Crippen molar-refractivity contribution in [1.82, 2.24) is 14.8 Å². The number of benzene rings is 1. The molecule has 3 heterocycles. The van der Waals surface area contributed by atoms with Gasteiger partial charge >= 0.3 is 5.97 Å². The second kappa shape index (κ2) is 10.0. The summed E-state index contributed by atoms with van der Waals surface area (Å²) in [6, 6.07) is 8.35. The predicted molar refractivity (Wildman–Crippen MR) is 116 cm³/mol. The van der Waals surface area contributed by atoms with E-state index in [2.05, 4.69) is 44.4 Å². The van der Waals surface area contributed by atoms with Gasteiger partial charge in [-0.05, 0) is 30.4 Å². The van der Waals surface area contributed by atoms with E-state index in [1.807, 2.05) is 11.1 Å². The van der Waals surface area contributed by atoms with Gasteiger partial charge < -0.3 is 9.94 Å². The molecule has 1 aromatic carbocycles. The number of carbonyl (C=O) groups is 1. The van der Waals surface area contributed by atoms with Crippen molar-refractivity contribution in [2.75, 3.05) is 52.4 Å². The number of carboxylic acid groups (broad SMARTS) is 1. The molecule has 30 heavy (non-hydrogen) atoms. The average Bonchev–Trinajstić information content (AvgIpc) is 3.23. The Bertz CT molecular complexity index is 765. The number of hydrogen-bond donors (Lipinski definition) is 1. The Morgan fingerprint density at radius 1 is 1.07 bits per heavy atom. The third-order valence-corrected chi connectivity index (χ3v) is 5.97. The zero-order chi connectivity index (χ0) is 20.8. The fourth-order valence-electron chi connectivity index (χ4n) is 4.21. The Balaban J connectivity index is 1.22. The molecule has 2 saturated heterocycles. The van der Waals surface area contributed by atoms with Gasteiger partial charge in [0.05, 0.1) is 18.5 Å². The van der Waals surface area contributed by atoms with Crippen LogP contribution in [0, 0.1) is 0 Å². The van der Waals surface area contributed by atoms with Gasteiger partial charge in [-0.2, -0.15) is 5.10 Å². The van der Waals surface area contributed by atoms with E-state index in [4.69, 9.17) is 9.94 Å². The zero-order valence-electron chi connectivity index (χ0n) is 17.4. The van der Waals surface area contributed by atoms with E-state index in [-0.39, 0.29) is 12.6 Å². The maximum Gasteiger partial charge on any atom is 0.317 e. The Labute approximate surface area is 177 Å². The summed E-state index contributed by atoms with van der Waals surface area (Å²) in [4.78, 5) is 20.8. The first-order valence-electron chi connectivity index (χ1n) is 10.9. The van der Waals surface area contributed by atoms with Crippen LogP contribution in [0.5, 0.6) is 0 Å². The molecule has 2 fully saturated rings. The number of hydrazone groups is 1. The van der Waals surface area contributed by atoms with E-state index in [1.54, 1.807) is 0 Å². The zero-order valence-corrected chi connectivity index (χ0v) is 17.4. The third kappa shape index (κ3) is 5.79. The topological polar surface area (TPSA) is 81.0 Å². The lowest BCUT2D eigenvalue weighted by Gasteiger charge is -2.34. The van der Waals surface area contributed by atoms with Crippen LogP contribution in [0.2, 0.25) is 0 Å². The van der Waals surface area contributed by atoms with Crippen LogP contribution < -0.4 is 0 Å². The summed E-state index contributed by atoms with van der Waals surface area (Å²) in [5.41, 5.74) is 3.18. The molecule has 8 nitrogen and oxygen atoms in total. The smallest absolute Gasteiger partial charge is 0.317 e. The predicted octanol–water partition coefficient (Wildman–Crippen LogP) is 1.70. The summed E-state index contributed by atoms with van der Waals surface area (Å²) in [5, 5.41) is 20.0. The standard InChI is InChI=1S/C22H31N5O3/c28-22(29)17-26-12-10-25(11-13-26)16-20-14-21(24-30-20)19-6-4-18(5-7-19)15-23-27-8-2-1-3-9-27/h4-7,15,20H,1-3,8-14,16-17H2,(H,28,29)/b23-15+. The molecule has 1 atom stereocenters. The lowest BCUT2D eigenvalue weighted by molar-refractivity contribution is -0.138. The minimum absolute atomic E-state index is 0.0614. The minimum atomic E-state index is -0.760. The Morgan fingerprint density at radius 3 is 2.47 bits per heavy atom. The van der Waals surface area contributed by atoms with Gasteiger partial charge in [-0.15, -0.1) is 0 Å². The van der Waals surface area contributed by atoms with E-state index in [0.717, 1.165) is 69.1 Å². The molecule has 1 N–H and O–H groups in total. The van der Waals surface area contributed by atoms with Crippen molar-refractivity contribution in [2.24, 2.45) is 10.3 Å². The molecule has 0 saturated carbocycles. The van der Waals surface area contributed by atoms with E-state index in [0.29, 0.717) is 0 Å². The first-order chi connectivity index (χ1) is 14.7. The molecule has 0 spiro atoms. The minimum Gasteiger partial charge on any atom is -0.480 e. The molecule has 0 bridgehead atoms. The van der Waals surface area contributed by atoms with E-state index >= 15 is 0 Å². The first-order valence-corrected chi connectivity index (χ1v) is 10.9. The number of carboxylic acids is 1. The summed E-state index contributed by atoms with van der Waals surface area (Å²) < 4.78 is 0. The van der Waals surface area contributed by atoms with Crippen molar-refractivity contribution < 1.29 is 14.7 Å². The van der Waals surface area contributed by atoms with Gasteiger partial charge in [-0.3, -0.25) is 19.6 Å². The van der Waals surface area contributed by atoms with Crippen molar-refractivity contribution in [3.63, 3.8) is 0 Å². The van der Waals surface area contributed by atoms with Crippen molar-refractivity contribution >= 4 is 17.9 Å². The molecule has 3 aliphatic heterocycles. The largest absolute Gasteiger partial charge is 0.480 e. The molecule has 1 unspecified atom stereocenters. The van der Waals surface area contributed by atoms with Gasteiger partial charge in [0.2, 0.25) is 0 Å². The highest BCUT2D eigenvalue weighted by atomic mass is 16.6. The number of nitrogens with zero attached hydrogens (tertiary/aromatic N) is 5. The number of oxime groups is 1. The molecule has 0 radical (unpaired) electrons. The van der Waals surface area contributed by atoms with Crippen LogP contribution in [0.3, 0.4) is 0 Å². The second-order valence-corrected chi connectivity index (χ2v) is 8.32. The van der Waals surface area contributed by atoms with E-state index in [9.17, 15) is 4.79 Å². The van der Waals surface area contributed by atoms with Crippen molar-refractivity contribution in [3.8, 4) is 0 Å². The van der Waals surface area contributed by atoms with Gasteiger partial charge in [0.15, 0.2) is 0 Å². The fourth-order valence-corrected chi connectivity index (χ4v) is 4.21. The van der Waals surface area contributed by atoms with Crippen LogP contribution in [0.4, 0.5) is 0 Å². The van der Waals surface area contributed by atoms with E-state index in [1.165, 1.54) is 19.3 Å². The monoisotopic (exact) mass is 413 g/mol. The lowest BCUT2D eigenvalue weighted by atomic mass is 10.0. The Kier molecular flexibility index (Phi) is 6.96. The number of rotatable bonds is 7. The summed E-state index contributed by atoms with van der Waals surface area (Å²) >= 11 is 0. The summed E-state index contributed by atoms with van der Waals surface area (Å²) in [6.45, 7) is 6.37. The molecule has 1 aromatic rings. The van der Waals surface area contributed by atoms with Crippen LogP contribution in [0.1, 0.15) is 36.8 Å². The molecule has 8 heteroatoms. The third-order valence-electron chi connectivity index (χ3n) is 5.97. The number of aliphatic carboxylic acids is 1. The molecule has 4 rings (SSSR count). The van der Waals surface area contributed by atoms with Crippen LogP contribution in [0.15, 0.2) is 34.5 Å². The first kappa shape index (κ1) is 20.8. The molecule has 0 amide bonds. The highest BCUT2D eigenvalue weighted by Gasteiger charge is 2.26. The number of piperidine rings is 1. The average molecular weight is 414 g/mol. The molecular weight excluding hydrogens is 382 g/mol. The number of hydrogen-bond acceptors (Lipinski definition) is 7.